The van der Waals surface area contributed by atoms with Gasteiger partial charge in [0, 0.05) is 5.39 Å². The number of thioether (sulfide) groups is 1. The molecular formula is C13H15ClO2S. The highest BCUT2D eigenvalue weighted by molar-refractivity contribution is 7.99. The van der Waals surface area contributed by atoms with E-state index in [1.807, 2.05) is 30.0 Å². The quantitative estimate of drug-likeness (QED) is 0.824. The number of furan rings is 1. The molecule has 0 saturated carbocycles. The maximum absolute atomic E-state index is 9.99. The summed E-state index contributed by atoms with van der Waals surface area (Å²) in [5, 5.41) is 11.5. The lowest BCUT2D eigenvalue weighted by Gasteiger charge is -2.05. The molecule has 2 aromatic rings. The predicted octanol–water partition coefficient (Wildman–Crippen LogP) is 4.26. The van der Waals surface area contributed by atoms with E-state index in [0.717, 1.165) is 16.9 Å². The summed E-state index contributed by atoms with van der Waals surface area (Å²) in [5.74, 6) is 2.60. The van der Waals surface area contributed by atoms with Crippen LogP contribution in [0.15, 0.2) is 28.7 Å². The van der Waals surface area contributed by atoms with E-state index in [9.17, 15) is 5.11 Å². The largest absolute Gasteiger partial charge is 0.457 e. The van der Waals surface area contributed by atoms with Crippen molar-refractivity contribution in [3.63, 3.8) is 0 Å². The van der Waals surface area contributed by atoms with E-state index in [0.29, 0.717) is 22.8 Å². The van der Waals surface area contributed by atoms with Crippen LogP contribution in [0, 0.1) is 0 Å². The Bertz CT molecular complexity index is 495. The zero-order chi connectivity index (χ0) is 12.3. The van der Waals surface area contributed by atoms with E-state index < -0.39 is 6.10 Å². The van der Waals surface area contributed by atoms with Gasteiger partial charge in [-0.1, -0.05) is 30.7 Å². The van der Waals surface area contributed by atoms with Crippen molar-refractivity contribution < 1.29 is 9.52 Å². The lowest BCUT2D eigenvalue weighted by Crippen LogP contribution is -1.97. The van der Waals surface area contributed by atoms with Gasteiger partial charge >= 0.3 is 0 Å². The van der Waals surface area contributed by atoms with Crippen molar-refractivity contribution in [2.75, 3.05) is 11.5 Å². The number of benzene rings is 1. The molecule has 1 aromatic carbocycles. The first kappa shape index (κ1) is 12.8. The van der Waals surface area contributed by atoms with Crippen molar-refractivity contribution in [1.82, 2.24) is 0 Å². The Kier molecular flexibility index (Phi) is 4.37. The highest BCUT2D eigenvalue weighted by atomic mass is 35.5. The van der Waals surface area contributed by atoms with Gasteiger partial charge in [-0.25, -0.2) is 0 Å². The molecule has 0 aliphatic heterocycles. The monoisotopic (exact) mass is 270 g/mol. The summed E-state index contributed by atoms with van der Waals surface area (Å²) in [4.78, 5) is 0. The van der Waals surface area contributed by atoms with Crippen molar-refractivity contribution >= 4 is 34.3 Å². The lowest BCUT2D eigenvalue weighted by atomic mass is 10.2. The van der Waals surface area contributed by atoms with Crippen LogP contribution in [0.4, 0.5) is 0 Å². The van der Waals surface area contributed by atoms with Gasteiger partial charge in [0.15, 0.2) is 5.58 Å². The van der Waals surface area contributed by atoms with Crippen molar-refractivity contribution in [3.8, 4) is 0 Å². The first-order valence-corrected chi connectivity index (χ1v) is 7.19. The van der Waals surface area contributed by atoms with E-state index in [1.54, 1.807) is 6.07 Å². The molecule has 4 heteroatoms. The minimum absolute atomic E-state index is 0.544. The van der Waals surface area contributed by atoms with E-state index in [1.165, 1.54) is 0 Å². The molecule has 92 valence electrons. The van der Waals surface area contributed by atoms with Crippen molar-refractivity contribution in [2.24, 2.45) is 0 Å². The minimum atomic E-state index is -0.544. The van der Waals surface area contributed by atoms with Crippen LogP contribution in [0.1, 0.15) is 25.2 Å². The van der Waals surface area contributed by atoms with Crippen LogP contribution in [0.3, 0.4) is 0 Å². The third kappa shape index (κ3) is 2.97. The molecule has 1 aromatic heterocycles. The Hall–Kier alpha value is -0.640. The third-order valence-electron chi connectivity index (χ3n) is 2.58. The predicted molar refractivity (Wildman–Crippen MR) is 73.8 cm³/mol. The van der Waals surface area contributed by atoms with Gasteiger partial charge in [0.25, 0.3) is 0 Å². The van der Waals surface area contributed by atoms with Crippen molar-refractivity contribution in [2.45, 2.75) is 19.4 Å². The normalized spacial score (nSPS) is 13.1. The molecule has 17 heavy (non-hydrogen) atoms. The fourth-order valence-corrected chi connectivity index (χ4v) is 2.59. The first-order chi connectivity index (χ1) is 8.22. The summed E-state index contributed by atoms with van der Waals surface area (Å²) in [6.45, 7) is 2.11. The van der Waals surface area contributed by atoms with Crippen LogP contribution in [0.25, 0.3) is 11.0 Å². The highest BCUT2D eigenvalue weighted by Crippen LogP contribution is 2.30. The topological polar surface area (TPSA) is 33.4 Å². The zero-order valence-electron chi connectivity index (χ0n) is 9.65. The van der Waals surface area contributed by atoms with Gasteiger partial charge < -0.3 is 9.52 Å². The maximum Gasteiger partial charge on any atom is 0.152 e. The molecule has 2 rings (SSSR count). The van der Waals surface area contributed by atoms with Gasteiger partial charge in [-0.3, -0.25) is 0 Å². The van der Waals surface area contributed by atoms with Gasteiger partial charge in [0.05, 0.1) is 5.02 Å². The van der Waals surface area contributed by atoms with Crippen LogP contribution < -0.4 is 0 Å². The van der Waals surface area contributed by atoms with Crippen molar-refractivity contribution in [3.05, 3.63) is 35.0 Å². The average Bonchev–Trinajstić information content (AvgIpc) is 2.75. The van der Waals surface area contributed by atoms with E-state index >= 15 is 0 Å². The Balaban J connectivity index is 2.16. The number of hydrogen-bond donors (Lipinski definition) is 1. The van der Waals surface area contributed by atoms with Gasteiger partial charge in [-0.15, -0.1) is 0 Å². The summed E-state index contributed by atoms with van der Waals surface area (Å²) in [5.41, 5.74) is 0.659. The van der Waals surface area contributed by atoms with Crippen LogP contribution in [0.2, 0.25) is 5.02 Å². The molecule has 0 amide bonds. The number of halogens is 1. The molecule has 1 unspecified atom stereocenters. The molecule has 1 heterocycles. The molecule has 0 bridgehead atoms. The van der Waals surface area contributed by atoms with Crippen LogP contribution >= 0.6 is 23.4 Å². The molecule has 0 aliphatic carbocycles. The Labute approximate surface area is 110 Å². The first-order valence-electron chi connectivity index (χ1n) is 5.66. The van der Waals surface area contributed by atoms with Gasteiger partial charge in [0.1, 0.15) is 11.9 Å². The molecule has 0 spiro atoms. The maximum atomic E-state index is 9.99. The molecule has 1 atom stereocenters. The highest BCUT2D eigenvalue weighted by Gasteiger charge is 2.14. The van der Waals surface area contributed by atoms with E-state index in [2.05, 4.69) is 6.92 Å². The van der Waals surface area contributed by atoms with Gasteiger partial charge in [0.2, 0.25) is 0 Å². The van der Waals surface area contributed by atoms with Gasteiger partial charge in [-0.2, -0.15) is 11.8 Å². The molecule has 0 fully saturated rings. The summed E-state index contributed by atoms with van der Waals surface area (Å²) >= 11 is 7.84. The summed E-state index contributed by atoms with van der Waals surface area (Å²) in [7, 11) is 0. The fraction of sp³-hybridized carbons (Fsp3) is 0.385. The Morgan fingerprint density at radius 1 is 1.47 bits per heavy atom. The number of fused-ring (bicyclic) bond motifs is 1. The minimum Gasteiger partial charge on any atom is -0.457 e. The van der Waals surface area contributed by atoms with E-state index in [-0.39, 0.29) is 0 Å². The molecular weight excluding hydrogens is 256 g/mol. The Morgan fingerprint density at radius 2 is 2.29 bits per heavy atom. The fourth-order valence-electron chi connectivity index (χ4n) is 1.69. The van der Waals surface area contributed by atoms with E-state index in [4.69, 9.17) is 16.0 Å². The summed E-state index contributed by atoms with van der Waals surface area (Å²) in [6.07, 6.45) is 0.160. The van der Waals surface area contributed by atoms with Crippen LogP contribution in [-0.2, 0) is 0 Å². The lowest BCUT2D eigenvalue weighted by molar-refractivity contribution is 0.149. The zero-order valence-corrected chi connectivity index (χ0v) is 11.2. The smallest absolute Gasteiger partial charge is 0.152 e. The number of rotatable bonds is 5. The number of hydrogen-bond acceptors (Lipinski definition) is 3. The summed E-state index contributed by atoms with van der Waals surface area (Å²) < 4.78 is 5.60. The standard InChI is InChI=1S/C13H15ClO2S/c1-2-17-7-6-11(15)12-8-9-4-3-5-10(14)13(9)16-12/h3-5,8,11,15H,2,6-7H2,1H3. The second kappa shape index (κ2) is 5.80. The van der Waals surface area contributed by atoms with Gasteiger partial charge in [-0.05, 0) is 30.1 Å². The molecule has 0 aliphatic rings. The average molecular weight is 271 g/mol. The molecule has 0 radical (unpaired) electrons. The third-order valence-corrected chi connectivity index (χ3v) is 3.81. The van der Waals surface area contributed by atoms with Crippen LogP contribution in [-0.4, -0.2) is 16.6 Å². The molecule has 2 nitrogen and oxygen atoms in total. The second-order valence-electron chi connectivity index (χ2n) is 3.81. The Morgan fingerprint density at radius 3 is 3.00 bits per heavy atom. The number of para-hydroxylation sites is 1. The van der Waals surface area contributed by atoms with Crippen LogP contribution in [0.5, 0.6) is 0 Å². The second-order valence-corrected chi connectivity index (χ2v) is 5.61. The molecule has 0 saturated heterocycles. The molecule has 1 N–H and O–H groups in total. The SMILES string of the molecule is CCSCCC(O)c1cc2cccc(Cl)c2o1. The number of aliphatic hydroxyl groups excluding tert-OH is 1. The summed E-state index contributed by atoms with van der Waals surface area (Å²) in [6, 6.07) is 7.46. The van der Waals surface area contributed by atoms with Crippen molar-refractivity contribution in [1.29, 1.82) is 0 Å². The number of aliphatic hydroxyl groups is 1.